The van der Waals surface area contributed by atoms with Crippen LogP contribution in [0.2, 0.25) is 0 Å². The second-order valence-corrected chi connectivity index (χ2v) is 3.53. The van der Waals surface area contributed by atoms with Crippen molar-refractivity contribution in [1.29, 1.82) is 0 Å². The first kappa shape index (κ1) is 14.7. The minimum Gasteiger partial charge on any atom is -0.435 e. The molecule has 2 heteroatoms. The highest BCUT2D eigenvalue weighted by Crippen LogP contribution is 2.02. The Morgan fingerprint density at radius 2 is 1.69 bits per heavy atom. The summed E-state index contributed by atoms with van der Waals surface area (Å²) < 4.78 is 4.67. The zero-order valence-corrected chi connectivity index (χ0v) is 10.3. The largest absolute Gasteiger partial charge is 0.435 e. The van der Waals surface area contributed by atoms with Crippen molar-refractivity contribution >= 4 is 5.97 Å². The molecule has 0 heterocycles. The van der Waals surface area contributed by atoms with Crippen LogP contribution in [0.3, 0.4) is 0 Å². The number of rotatable bonds is 8. The van der Waals surface area contributed by atoms with Gasteiger partial charge in [-0.3, -0.25) is 4.79 Å². The molecule has 0 aromatic rings. The number of esters is 1. The standard InChI is InChI=1S/C14H22O2/c1-3-4-5-6-7-8-9-10-11-12-13-16-14(2)15/h4-7,12-13H,3,8-11H2,1-2H3. The minimum absolute atomic E-state index is 0.262. The van der Waals surface area contributed by atoms with E-state index in [-0.39, 0.29) is 5.97 Å². The molecule has 16 heavy (non-hydrogen) atoms. The first-order valence-corrected chi connectivity index (χ1v) is 5.91. The molecule has 0 unspecified atom stereocenters. The third kappa shape index (κ3) is 12.7. The van der Waals surface area contributed by atoms with Crippen molar-refractivity contribution in [2.24, 2.45) is 0 Å². The van der Waals surface area contributed by atoms with Crippen LogP contribution in [0.5, 0.6) is 0 Å². The maximum absolute atomic E-state index is 10.4. The SMILES string of the molecule is CCC=CC=CCCCCC=COC(C)=O. The Balaban J connectivity index is 3.27. The molecule has 0 amide bonds. The Morgan fingerprint density at radius 1 is 1.06 bits per heavy atom. The Kier molecular flexibility index (Phi) is 10.8. The first-order chi connectivity index (χ1) is 7.77. The maximum atomic E-state index is 10.4. The highest BCUT2D eigenvalue weighted by Gasteiger charge is 1.86. The van der Waals surface area contributed by atoms with Gasteiger partial charge in [-0.05, 0) is 38.2 Å². The highest BCUT2D eigenvalue weighted by molar-refractivity contribution is 5.66. The number of hydrogen-bond donors (Lipinski definition) is 0. The third-order valence-corrected chi connectivity index (χ3v) is 1.94. The predicted molar refractivity (Wildman–Crippen MR) is 67.9 cm³/mol. The van der Waals surface area contributed by atoms with E-state index in [2.05, 4.69) is 36.0 Å². The fraction of sp³-hybridized carbons (Fsp3) is 0.500. The van der Waals surface area contributed by atoms with Crippen LogP contribution in [-0.2, 0) is 9.53 Å². The van der Waals surface area contributed by atoms with E-state index in [0.717, 1.165) is 25.7 Å². The van der Waals surface area contributed by atoms with Crippen molar-refractivity contribution in [2.45, 2.75) is 46.0 Å². The molecular formula is C14H22O2. The predicted octanol–water partition coefficient (Wildman–Crippen LogP) is 4.15. The zero-order chi connectivity index (χ0) is 12.1. The summed E-state index contributed by atoms with van der Waals surface area (Å²) in [6.45, 7) is 3.53. The van der Waals surface area contributed by atoms with E-state index in [0.29, 0.717) is 0 Å². The van der Waals surface area contributed by atoms with Crippen LogP contribution in [0.4, 0.5) is 0 Å². The highest BCUT2D eigenvalue weighted by atomic mass is 16.5. The molecule has 0 atom stereocenters. The zero-order valence-electron chi connectivity index (χ0n) is 10.3. The van der Waals surface area contributed by atoms with Gasteiger partial charge in [0, 0.05) is 6.92 Å². The van der Waals surface area contributed by atoms with Crippen LogP contribution in [0, 0.1) is 0 Å². The van der Waals surface area contributed by atoms with Gasteiger partial charge in [0.25, 0.3) is 0 Å². The molecule has 0 saturated heterocycles. The van der Waals surface area contributed by atoms with Crippen LogP contribution in [0.15, 0.2) is 36.6 Å². The molecule has 0 aromatic heterocycles. The van der Waals surface area contributed by atoms with E-state index in [1.807, 2.05) is 6.08 Å². The van der Waals surface area contributed by atoms with Crippen molar-refractivity contribution in [3.05, 3.63) is 36.6 Å². The molecule has 0 saturated carbocycles. The van der Waals surface area contributed by atoms with Gasteiger partial charge in [-0.1, -0.05) is 31.2 Å². The lowest BCUT2D eigenvalue weighted by Crippen LogP contribution is -1.89. The minimum atomic E-state index is -0.262. The average Bonchev–Trinajstić information content (AvgIpc) is 2.25. The van der Waals surface area contributed by atoms with E-state index < -0.39 is 0 Å². The fourth-order valence-electron chi connectivity index (χ4n) is 1.13. The molecule has 0 bridgehead atoms. The van der Waals surface area contributed by atoms with Crippen molar-refractivity contribution < 1.29 is 9.53 Å². The van der Waals surface area contributed by atoms with Crippen molar-refractivity contribution in [1.82, 2.24) is 0 Å². The van der Waals surface area contributed by atoms with E-state index in [4.69, 9.17) is 0 Å². The van der Waals surface area contributed by atoms with E-state index in [1.165, 1.54) is 19.6 Å². The Morgan fingerprint density at radius 3 is 2.31 bits per heavy atom. The van der Waals surface area contributed by atoms with Crippen LogP contribution < -0.4 is 0 Å². The summed E-state index contributed by atoms with van der Waals surface area (Å²) in [4.78, 5) is 10.4. The first-order valence-electron chi connectivity index (χ1n) is 5.91. The molecular weight excluding hydrogens is 200 g/mol. The van der Waals surface area contributed by atoms with Crippen molar-refractivity contribution in [2.75, 3.05) is 0 Å². The molecule has 0 N–H and O–H groups in total. The number of carbonyl (C=O) groups is 1. The van der Waals surface area contributed by atoms with E-state index in [9.17, 15) is 4.79 Å². The Labute approximate surface area is 98.7 Å². The molecule has 0 aliphatic heterocycles. The number of hydrogen-bond acceptors (Lipinski definition) is 2. The van der Waals surface area contributed by atoms with Gasteiger partial charge in [-0.15, -0.1) is 0 Å². The van der Waals surface area contributed by atoms with Gasteiger partial charge in [-0.2, -0.15) is 0 Å². The second-order valence-electron chi connectivity index (χ2n) is 3.53. The number of carbonyl (C=O) groups excluding carboxylic acids is 1. The third-order valence-electron chi connectivity index (χ3n) is 1.94. The second kappa shape index (κ2) is 11.8. The average molecular weight is 222 g/mol. The quantitative estimate of drug-likeness (QED) is 0.267. The molecule has 0 aliphatic carbocycles. The lowest BCUT2D eigenvalue weighted by atomic mass is 10.2. The number of allylic oxidation sites excluding steroid dienone is 5. The van der Waals surface area contributed by atoms with Gasteiger partial charge in [0.1, 0.15) is 0 Å². The molecule has 0 radical (unpaired) electrons. The fourth-order valence-corrected chi connectivity index (χ4v) is 1.13. The van der Waals surface area contributed by atoms with Crippen LogP contribution in [0.1, 0.15) is 46.0 Å². The van der Waals surface area contributed by atoms with Gasteiger partial charge >= 0.3 is 5.97 Å². The summed E-state index contributed by atoms with van der Waals surface area (Å²) in [5.74, 6) is -0.262. The van der Waals surface area contributed by atoms with Gasteiger partial charge in [0.15, 0.2) is 0 Å². The summed E-state index contributed by atoms with van der Waals surface area (Å²) >= 11 is 0. The summed E-state index contributed by atoms with van der Waals surface area (Å²) in [7, 11) is 0. The molecule has 0 fully saturated rings. The van der Waals surface area contributed by atoms with Crippen LogP contribution in [-0.4, -0.2) is 5.97 Å². The van der Waals surface area contributed by atoms with Crippen LogP contribution in [0.25, 0.3) is 0 Å². The van der Waals surface area contributed by atoms with E-state index in [1.54, 1.807) is 0 Å². The van der Waals surface area contributed by atoms with Gasteiger partial charge < -0.3 is 4.74 Å². The van der Waals surface area contributed by atoms with Gasteiger partial charge in [0.05, 0.1) is 6.26 Å². The Hall–Kier alpha value is -1.31. The van der Waals surface area contributed by atoms with Gasteiger partial charge in [0.2, 0.25) is 0 Å². The molecule has 0 spiro atoms. The molecule has 90 valence electrons. The normalized spacial score (nSPS) is 11.9. The summed E-state index contributed by atoms with van der Waals surface area (Å²) in [6, 6.07) is 0. The van der Waals surface area contributed by atoms with Crippen molar-refractivity contribution in [3.8, 4) is 0 Å². The smallest absolute Gasteiger partial charge is 0.307 e. The topological polar surface area (TPSA) is 26.3 Å². The van der Waals surface area contributed by atoms with Gasteiger partial charge in [-0.25, -0.2) is 0 Å². The summed E-state index contributed by atoms with van der Waals surface area (Å²) in [5, 5.41) is 0. The number of unbranched alkanes of at least 4 members (excludes halogenated alkanes) is 3. The lowest BCUT2D eigenvalue weighted by Gasteiger charge is -1.93. The molecule has 2 nitrogen and oxygen atoms in total. The Bertz CT molecular complexity index is 249. The number of ether oxygens (including phenoxy) is 1. The molecule has 0 aromatic carbocycles. The van der Waals surface area contributed by atoms with Crippen LogP contribution >= 0.6 is 0 Å². The lowest BCUT2D eigenvalue weighted by molar-refractivity contribution is -0.135. The van der Waals surface area contributed by atoms with Crippen molar-refractivity contribution in [3.63, 3.8) is 0 Å². The monoisotopic (exact) mass is 222 g/mol. The maximum Gasteiger partial charge on any atom is 0.307 e. The summed E-state index contributed by atoms with van der Waals surface area (Å²) in [5.41, 5.74) is 0. The summed E-state index contributed by atoms with van der Waals surface area (Å²) in [6.07, 6.45) is 17.3. The van der Waals surface area contributed by atoms with E-state index >= 15 is 0 Å². The molecule has 0 aliphatic rings. The molecule has 0 rings (SSSR count).